The lowest BCUT2D eigenvalue weighted by atomic mass is 9.96. The molecule has 0 atom stereocenters. The van der Waals surface area contributed by atoms with Crippen LogP contribution in [0.25, 0.3) is 5.65 Å². The number of anilines is 1. The van der Waals surface area contributed by atoms with Gasteiger partial charge in [0.15, 0.2) is 17.3 Å². The number of hydrogen-bond donors (Lipinski definition) is 0. The SMILES string of the molecule is COc1ccc2nnc(C3CCN(c4cc5c(nn4)CCOC5)CC3)n2n1. The molecule has 0 bridgehead atoms. The lowest BCUT2D eigenvalue weighted by Gasteiger charge is -2.32. The first-order valence-corrected chi connectivity index (χ1v) is 9.26. The lowest BCUT2D eigenvalue weighted by Crippen LogP contribution is -2.34. The molecular weight excluding hydrogens is 346 g/mol. The second kappa shape index (κ2) is 6.73. The second-order valence-corrected chi connectivity index (χ2v) is 6.94. The van der Waals surface area contributed by atoms with Gasteiger partial charge in [-0.05, 0) is 25.0 Å². The van der Waals surface area contributed by atoms with Gasteiger partial charge in [-0.1, -0.05) is 0 Å². The summed E-state index contributed by atoms with van der Waals surface area (Å²) in [6.45, 7) is 3.17. The summed E-state index contributed by atoms with van der Waals surface area (Å²) in [5.41, 5.74) is 2.97. The van der Waals surface area contributed by atoms with Crippen LogP contribution in [0.4, 0.5) is 5.82 Å². The molecule has 3 aromatic heterocycles. The van der Waals surface area contributed by atoms with Crippen molar-refractivity contribution in [1.29, 1.82) is 0 Å². The van der Waals surface area contributed by atoms with Crippen molar-refractivity contribution in [3.8, 4) is 5.88 Å². The highest BCUT2D eigenvalue weighted by atomic mass is 16.5. The summed E-state index contributed by atoms with van der Waals surface area (Å²) >= 11 is 0. The van der Waals surface area contributed by atoms with Crippen molar-refractivity contribution in [2.24, 2.45) is 0 Å². The van der Waals surface area contributed by atoms with E-state index in [-0.39, 0.29) is 0 Å². The molecule has 0 N–H and O–H groups in total. The fourth-order valence-electron chi connectivity index (χ4n) is 3.80. The molecule has 0 saturated carbocycles. The third kappa shape index (κ3) is 2.97. The van der Waals surface area contributed by atoms with Gasteiger partial charge in [-0.25, -0.2) is 0 Å². The summed E-state index contributed by atoms with van der Waals surface area (Å²) in [4.78, 5) is 2.29. The van der Waals surface area contributed by atoms with E-state index < -0.39 is 0 Å². The fraction of sp³-hybridized carbons (Fsp3) is 0.500. The van der Waals surface area contributed by atoms with Crippen molar-refractivity contribution >= 4 is 11.5 Å². The zero-order chi connectivity index (χ0) is 18.2. The smallest absolute Gasteiger partial charge is 0.231 e. The first-order valence-electron chi connectivity index (χ1n) is 9.26. The summed E-state index contributed by atoms with van der Waals surface area (Å²) in [6, 6.07) is 5.80. The van der Waals surface area contributed by atoms with Gasteiger partial charge < -0.3 is 14.4 Å². The number of fused-ring (bicyclic) bond motifs is 2. The van der Waals surface area contributed by atoms with Crippen LogP contribution < -0.4 is 9.64 Å². The summed E-state index contributed by atoms with van der Waals surface area (Å²) in [7, 11) is 1.61. The number of ether oxygens (including phenoxy) is 2. The van der Waals surface area contributed by atoms with E-state index in [0.29, 0.717) is 18.4 Å². The number of nitrogens with zero attached hydrogens (tertiary/aromatic N) is 7. The van der Waals surface area contributed by atoms with Crippen LogP contribution >= 0.6 is 0 Å². The third-order valence-electron chi connectivity index (χ3n) is 5.34. The standard InChI is InChI=1S/C18H21N7O2/c1-26-17-3-2-15-20-22-18(25(15)23-17)12-4-7-24(8-5-12)16-10-13-11-27-9-6-14(13)19-21-16/h2-3,10,12H,4-9,11H2,1H3. The molecule has 2 aliphatic rings. The first-order chi connectivity index (χ1) is 13.3. The molecule has 9 heteroatoms. The van der Waals surface area contributed by atoms with Gasteiger partial charge in [0.25, 0.3) is 0 Å². The van der Waals surface area contributed by atoms with Crippen LogP contribution in [0, 0.1) is 0 Å². The third-order valence-corrected chi connectivity index (χ3v) is 5.34. The zero-order valence-electron chi connectivity index (χ0n) is 15.2. The van der Waals surface area contributed by atoms with Crippen molar-refractivity contribution in [2.45, 2.75) is 31.8 Å². The summed E-state index contributed by atoms with van der Waals surface area (Å²) < 4.78 is 12.6. The van der Waals surface area contributed by atoms with Gasteiger partial charge >= 0.3 is 0 Å². The quantitative estimate of drug-likeness (QED) is 0.686. The minimum atomic E-state index is 0.310. The normalized spacial score (nSPS) is 17.9. The van der Waals surface area contributed by atoms with Crippen LogP contribution in [-0.4, -0.2) is 56.8 Å². The van der Waals surface area contributed by atoms with Gasteiger partial charge in [0.2, 0.25) is 5.88 Å². The molecule has 5 heterocycles. The molecular formula is C18H21N7O2. The number of hydrogen-bond acceptors (Lipinski definition) is 8. The summed E-state index contributed by atoms with van der Waals surface area (Å²) in [5, 5.41) is 21.9. The van der Waals surface area contributed by atoms with E-state index in [9.17, 15) is 0 Å². The Morgan fingerprint density at radius 1 is 1.11 bits per heavy atom. The van der Waals surface area contributed by atoms with Crippen molar-refractivity contribution in [3.05, 3.63) is 35.3 Å². The highest BCUT2D eigenvalue weighted by molar-refractivity contribution is 5.43. The van der Waals surface area contributed by atoms with Crippen molar-refractivity contribution in [3.63, 3.8) is 0 Å². The predicted molar refractivity (Wildman–Crippen MR) is 96.9 cm³/mol. The van der Waals surface area contributed by atoms with Crippen LogP contribution in [0.3, 0.4) is 0 Å². The van der Waals surface area contributed by atoms with Gasteiger partial charge in [-0.15, -0.1) is 20.4 Å². The van der Waals surface area contributed by atoms with Crippen LogP contribution in [0.1, 0.15) is 35.8 Å². The topological polar surface area (TPSA) is 90.6 Å². The summed E-state index contributed by atoms with van der Waals surface area (Å²) in [6.07, 6.45) is 2.78. The summed E-state index contributed by atoms with van der Waals surface area (Å²) in [5.74, 6) is 2.70. The van der Waals surface area contributed by atoms with E-state index in [1.165, 1.54) is 0 Å². The van der Waals surface area contributed by atoms with E-state index >= 15 is 0 Å². The molecule has 0 aromatic carbocycles. The van der Waals surface area contributed by atoms with E-state index in [1.54, 1.807) is 17.7 Å². The predicted octanol–water partition coefficient (Wildman–Crippen LogP) is 1.38. The first kappa shape index (κ1) is 16.4. The molecule has 27 heavy (non-hydrogen) atoms. The average molecular weight is 367 g/mol. The maximum atomic E-state index is 5.54. The molecule has 140 valence electrons. The Labute approximate surface area is 156 Å². The average Bonchev–Trinajstić information content (AvgIpc) is 3.16. The van der Waals surface area contributed by atoms with E-state index in [4.69, 9.17) is 9.47 Å². The molecule has 0 spiro atoms. The molecule has 9 nitrogen and oxygen atoms in total. The van der Waals surface area contributed by atoms with Gasteiger partial charge in [0, 0.05) is 37.1 Å². The zero-order valence-corrected chi connectivity index (χ0v) is 15.2. The Balaban J connectivity index is 1.33. The number of aromatic nitrogens is 6. The Morgan fingerprint density at radius 2 is 2.00 bits per heavy atom. The fourth-order valence-corrected chi connectivity index (χ4v) is 3.80. The number of methoxy groups -OCH3 is 1. The minimum absolute atomic E-state index is 0.310. The van der Waals surface area contributed by atoms with Gasteiger partial charge in [-0.3, -0.25) is 0 Å². The molecule has 1 fully saturated rings. The Morgan fingerprint density at radius 3 is 2.85 bits per heavy atom. The van der Waals surface area contributed by atoms with E-state index in [2.05, 4.69) is 36.5 Å². The Hall–Kier alpha value is -2.81. The molecule has 0 amide bonds. The van der Waals surface area contributed by atoms with Gasteiger partial charge in [0.05, 0.1) is 26.0 Å². The molecule has 2 aliphatic heterocycles. The monoisotopic (exact) mass is 367 g/mol. The molecule has 3 aromatic rings. The lowest BCUT2D eigenvalue weighted by molar-refractivity contribution is 0.109. The molecule has 1 saturated heterocycles. The van der Waals surface area contributed by atoms with Crippen LogP contribution in [0.2, 0.25) is 0 Å². The highest BCUT2D eigenvalue weighted by Crippen LogP contribution is 2.30. The van der Waals surface area contributed by atoms with E-state index in [0.717, 1.165) is 67.5 Å². The maximum absolute atomic E-state index is 5.54. The van der Waals surface area contributed by atoms with Gasteiger partial charge in [-0.2, -0.15) is 9.61 Å². The van der Waals surface area contributed by atoms with Crippen molar-refractivity contribution in [2.75, 3.05) is 31.7 Å². The Kier molecular flexibility index (Phi) is 4.08. The molecule has 0 unspecified atom stereocenters. The molecule has 0 radical (unpaired) electrons. The number of rotatable bonds is 3. The van der Waals surface area contributed by atoms with Crippen molar-refractivity contribution < 1.29 is 9.47 Å². The maximum Gasteiger partial charge on any atom is 0.231 e. The van der Waals surface area contributed by atoms with E-state index in [1.807, 2.05) is 6.07 Å². The second-order valence-electron chi connectivity index (χ2n) is 6.94. The van der Waals surface area contributed by atoms with Crippen LogP contribution in [0.15, 0.2) is 18.2 Å². The highest BCUT2D eigenvalue weighted by Gasteiger charge is 2.26. The largest absolute Gasteiger partial charge is 0.480 e. The van der Waals surface area contributed by atoms with Crippen LogP contribution in [0.5, 0.6) is 5.88 Å². The minimum Gasteiger partial charge on any atom is -0.480 e. The van der Waals surface area contributed by atoms with Crippen LogP contribution in [-0.2, 0) is 17.8 Å². The van der Waals surface area contributed by atoms with Gasteiger partial charge in [0.1, 0.15) is 0 Å². The molecule has 0 aliphatic carbocycles. The number of piperidine rings is 1. The Bertz CT molecular complexity index is 965. The van der Waals surface area contributed by atoms with Crippen molar-refractivity contribution in [1.82, 2.24) is 30.0 Å². The molecule has 5 rings (SSSR count).